The second-order valence-electron chi connectivity index (χ2n) is 11.3. The van der Waals surface area contributed by atoms with Gasteiger partial charge in [-0.1, -0.05) is 146 Å². The third kappa shape index (κ3) is 9.39. The molecule has 0 N–H and O–H groups in total. The average Bonchev–Trinajstić information content (AvgIpc) is 3.11. The van der Waals surface area contributed by atoms with E-state index in [2.05, 4.69) is 15.9 Å². The summed E-state index contributed by atoms with van der Waals surface area (Å²) >= 11 is 42.2. The van der Waals surface area contributed by atoms with E-state index in [0.29, 0.717) is 10.2 Å². The van der Waals surface area contributed by atoms with Crippen LogP contribution in [0.5, 0.6) is 23.0 Å². The van der Waals surface area contributed by atoms with Gasteiger partial charge in [0.25, 0.3) is 0 Å². The number of alkyl halides is 6. The normalized spacial score (nSPS) is 12.8. The largest absolute Gasteiger partial charge is 0.497 e. The molecule has 4 nitrogen and oxygen atoms in total. The van der Waals surface area contributed by atoms with Crippen molar-refractivity contribution in [3.8, 4) is 34.1 Å². The first-order chi connectivity index (χ1) is 23.7. The zero-order valence-corrected chi connectivity index (χ0v) is 35.9. The number of rotatable bonds is 9. The molecule has 0 radical (unpaired) electrons. The maximum atomic E-state index is 6.65. The van der Waals surface area contributed by atoms with Crippen LogP contribution < -0.4 is 18.9 Å². The van der Waals surface area contributed by atoms with Crippen molar-refractivity contribution in [3.63, 3.8) is 0 Å². The average molecular weight is 876 g/mol. The molecule has 0 aliphatic carbocycles. The number of hydrogen-bond donors (Lipinski definition) is 0. The van der Waals surface area contributed by atoms with Gasteiger partial charge in [0.1, 0.15) is 23.0 Å². The summed E-state index contributed by atoms with van der Waals surface area (Å²) in [4.78, 5) is 0. The maximum Gasteiger partial charge on any atom is 0.201 e. The van der Waals surface area contributed by atoms with Gasteiger partial charge in [0, 0.05) is 14.7 Å². The minimum absolute atomic E-state index is 0.376. The van der Waals surface area contributed by atoms with Gasteiger partial charge in [0.2, 0.25) is 7.59 Å². The summed E-state index contributed by atoms with van der Waals surface area (Å²) in [7, 11) is 7.06. The lowest BCUT2D eigenvalue weighted by Crippen LogP contribution is -2.42. The number of benzene rings is 5. The molecule has 0 saturated carbocycles. The second-order valence-corrected chi connectivity index (χ2v) is 18.3. The van der Waals surface area contributed by atoms with Crippen LogP contribution in [0.1, 0.15) is 28.2 Å². The van der Waals surface area contributed by atoms with Gasteiger partial charge in [-0.25, -0.2) is 0 Å². The summed E-state index contributed by atoms with van der Waals surface area (Å²) in [6, 6.07) is 36.6. The molecule has 50 heavy (non-hydrogen) atoms. The fraction of sp³-hybridized carbons (Fsp3) is 0.211. The standard InChI is InChI=1S/C22H20BrCl3O2Si.C16H15Cl3O2/c1-27-15-9-7-14(8-10-15)21(29,22(24,25)26)19-12-11-16(28-2)13-18(19)17-5-3-4-6-20(17)23;1-20-13-7-3-11(4-8-13)15(16(17,18)19)12-5-9-14(21-2)10-6-12/h3-13H,1-2,29H3;3-10,15H,1-2H3. The molecular formula is C38H35BrCl6O4Si. The molecule has 264 valence electrons. The third-order valence-electron chi connectivity index (χ3n) is 8.39. The molecule has 0 saturated heterocycles. The van der Waals surface area contributed by atoms with Crippen LogP contribution in [0.15, 0.2) is 120 Å². The highest BCUT2D eigenvalue weighted by atomic mass is 79.9. The summed E-state index contributed by atoms with van der Waals surface area (Å²) in [5.41, 5.74) is 5.62. The van der Waals surface area contributed by atoms with Gasteiger partial charge in [0.15, 0.2) is 0 Å². The molecular weight excluding hydrogens is 841 g/mol. The summed E-state index contributed by atoms with van der Waals surface area (Å²) in [5, 5.41) is -0.805. The topological polar surface area (TPSA) is 36.9 Å². The molecule has 1 unspecified atom stereocenters. The van der Waals surface area contributed by atoms with E-state index in [-0.39, 0.29) is 5.92 Å². The van der Waals surface area contributed by atoms with Crippen LogP contribution in [-0.4, -0.2) is 46.3 Å². The van der Waals surface area contributed by atoms with Crippen molar-refractivity contribution in [2.45, 2.75) is 18.5 Å². The zero-order valence-electron chi connectivity index (χ0n) is 27.8. The Bertz CT molecular complexity index is 1800. The Labute approximate surface area is 335 Å². The minimum atomic E-state index is -1.56. The van der Waals surface area contributed by atoms with Gasteiger partial charge in [-0.15, -0.1) is 0 Å². The highest BCUT2D eigenvalue weighted by molar-refractivity contribution is 9.10. The van der Waals surface area contributed by atoms with Gasteiger partial charge >= 0.3 is 0 Å². The number of hydrogen-bond acceptors (Lipinski definition) is 4. The first-order valence-electron chi connectivity index (χ1n) is 15.2. The first-order valence-corrected chi connectivity index (χ1v) is 19.2. The summed E-state index contributed by atoms with van der Waals surface area (Å²) in [6.07, 6.45) is 0. The molecule has 0 fully saturated rings. The van der Waals surface area contributed by atoms with E-state index in [1.165, 1.54) is 0 Å². The minimum Gasteiger partial charge on any atom is -0.497 e. The molecule has 0 amide bonds. The van der Waals surface area contributed by atoms with E-state index in [9.17, 15) is 0 Å². The van der Waals surface area contributed by atoms with Crippen molar-refractivity contribution < 1.29 is 18.9 Å². The second kappa shape index (κ2) is 17.5. The van der Waals surface area contributed by atoms with Crippen molar-refractivity contribution in [2.24, 2.45) is 0 Å². The summed E-state index contributed by atoms with van der Waals surface area (Å²) in [5.74, 6) is 2.64. The Kier molecular flexibility index (Phi) is 14.2. The third-order valence-corrected chi connectivity index (χ3v) is 13.7. The van der Waals surface area contributed by atoms with E-state index in [1.54, 1.807) is 28.4 Å². The lowest BCUT2D eigenvalue weighted by molar-refractivity contribution is 0.414. The summed E-state index contributed by atoms with van der Waals surface area (Å²) in [6.45, 7) is 0. The van der Waals surface area contributed by atoms with Crippen LogP contribution in [-0.2, 0) is 5.04 Å². The Morgan fingerprint density at radius 2 is 0.960 bits per heavy atom. The Hall–Kier alpha value is -2.26. The van der Waals surface area contributed by atoms with Gasteiger partial charge in [-0.2, -0.15) is 0 Å². The van der Waals surface area contributed by atoms with Crippen LogP contribution in [0.2, 0.25) is 0 Å². The van der Waals surface area contributed by atoms with Crippen LogP contribution in [0.25, 0.3) is 11.1 Å². The van der Waals surface area contributed by atoms with Crippen LogP contribution >= 0.6 is 85.5 Å². The molecule has 0 aliphatic rings. The van der Waals surface area contributed by atoms with Crippen molar-refractivity contribution in [2.75, 3.05) is 28.4 Å². The van der Waals surface area contributed by atoms with Crippen LogP contribution in [0.4, 0.5) is 0 Å². The van der Waals surface area contributed by atoms with E-state index in [0.717, 1.165) is 60.9 Å². The molecule has 0 heterocycles. The first kappa shape index (κ1) is 40.5. The van der Waals surface area contributed by atoms with Gasteiger partial charge < -0.3 is 18.9 Å². The highest BCUT2D eigenvalue weighted by Gasteiger charge is 2.48. The quantitative estimate of drug-likeness (QED) is 0.109. The molecule has 0 aromatic heterocycles. The van der Waals surface area contributed by atoms with E-state index in [1.807, 2.05) is 115 Å². The van der Waals surface area contributed by atoms with Crippen molar-refractivity contribution in [3.05, 3.63) is 142 Å². The molecule has 1 atom stereocenters. The van der Waals surface area contributed by atoms with E-state index >= 15 is 0 Å². The predicted octanol–water partition coefficient (Wildman–Crippen LogP) is 11.3. The molecule has 0 bridgehead atoms. The Morgan fingerprint density at radius 1 is 0.540 bits per heavy atom. The van der Waals surface area contributed by atoms with Crippen LogP contribution in [0, 0.1) is 0 Å². The fourth-order valence-corrected chi connectivity index (χ4v) is 8.20. The lowest BCUT2D eigenvalue weighted by atomic mass is 9.85. The zero-order chi connectivity index (χ0) is 36.7. The number of ether oxygens (including phenoxy) is 4. The molecule has 5 aromatic rings. The Balaban J connectivity index is 0.000000237. The van der Waals surface area contributed by atoms with Crippen molar-refractivity contribution in [1.29, 1.82) is 0 Å². The van der Waals surface area contributed by atoms with Crippen molar-refractivity contribution in [1.82, 2.24) is 0 Å². The fourth-order valence-electron chi connectivity index (χ4n) is 5.55. The SMILES string of the molecule is COc1ccc(C([SiH3])(c2ccc(OC)cc2-c2ccccc2Br)C(Cl)(Cl)Cl)cc1.COc1ccc(C(c2ccc(OC)cc2)C(Cl)(Cl)Cl)cc1. The van der Waals surface area contributed by atoms with E-state index in [4.69, 9.17) is 88.6 Å². The molecule has 12 heteroatoms. The monoisotopic (exact) mass is 872 g/mol. The smallest absolute Gasteiger partial charge is 0.201 e. The Morgan fingerprint density at radius 3 is 1.36 bits per heavy atom. The summed E-state index contributed by atoms with van der Waals surface area (Å²) < 4.78 is 19.0. The van der Waals surface area contributed by atoms with Gasteiger partial charge in [0.05, 0.1) is 39.4 Å². The number of halogens is 7. The molecule has 0 spiro atoms. The number of methoxy groups -OCH3 is 4. The van der Waals surface area contributed by atoms with Crippen molar-refractivity contribution >= 4 is 95.8 Å². The molecule has 5 aromatic carbocycles. The lowest BCUT2D eigenvalue weighted by Gasteiger charge is -2.39. The van der Waals surface area contributed by atoms with Gasteiger partial charge in [-0.05, 0) is 88.0 Å². The highest BCUT2D eigenvalue weighted by Crippen LogP contribution is 2.52. The maximum absolute atomic E-state index is 6.65. The predicted molar refractivity (Wildman–Crippen MR) is 218 cm³/mol. The van der Waals surface area contributed by atoms with Gasteiger partial charge in [-0.3, -0.25) is 0 Å². The van der Waals surface area contributed by atoms with E-state index < -0.39 is 12.6 Å². The van der Waals surface area contributed by atoms with Crippen LogP contribution in [0.3, 0.4) is 0 Å². The molecule has 0 aliphatic heterocycles. The molecule has 5 rings (SSSR count).